The number of fused-ring (bicyclic) bond motifs is 2. The number of carbonyl (C=O) groups excluding carboxylic acids is 1. The fraction of sp³-hybridized carbons (Fsp3) is 0.0901. The van der Waals surface area contributed by atoms with Gasteiger partial charge in [-0.3, -0.25) is 4.79 Å². The molecule has 0 spiro atoms. The van der Waals surface area contributed by atoms with E-state index in [-0.39, 0.29) is 131 Å². The Kier molecular flexibility index (Phi) is 47.0. The van der Waals surface area contributed by atoms with Crippen LogP contribution in [0.25, 0.3) is 33.1 Å². The number of rotatable bonds is 15. The van der Waals surface area contributed by atoms with Gasteiger partial charge in [-0.05, 0) is 227 Å². The van der Waals surface area contributed by atoms with Gasteiger partial charge in [0.25, 0.3) is 6.47 Å². The summed E-state index contributed by atoms with van der Waals surface area (Å²) in [5.41, 5.74) is 5.84. The third-order valence-electron chi connectivity index (χ3n) is 21.1. The molecule has 16 aromatic carbocycles. The van der Waals surface area contributed by atoms with Crippen molar-refractivity contribution in [2.75, 3.05) is 0 Å². The minimum atomic E-state index is -0.446. The summed E-state index contributed by atoms with van der Waals surface area (Å²) in [5.74, 6) is -0.328. The van der Waals surface area contributed by atoms with Crippen LogP contribution in [0, 0.1) is 39.3 Å². The molecule has 672 valence electrons. The molecular formula is C111H98BCl3F2N4Na2O5P4Pd2. The molecule has 3 heterocycles. The van der Waals surface area contributed by atoms with Gasteiger partial charge in [0.15, 0.2) is 0 Å². The van der Waals surface area contributed by atoms with E-state index in [9.17, 15) is 8.78 Å². The van der Waals surface area contributed by atoms with E-state index in [0.29, 0.717) is 37.5 Å². The van der Waals surface area contributed by atoms with E-state index >= 15 is 0 Å². The summed E-state index contributed by atoms with van der Waals surface area (Å²) in [4.78, 5) is 27.7. The van der Waals surface area contributed by atoms with Gasteiger partial charge in [-0.1, -0.05) is 411 Å². The van der Waals surface area contributed by atoms with Gasteiger partial charge >= 0.3 is 66.2 Å². The number of hydrogen-bond donors (Lipinski definition) is 0. The molecular weight excluding hydrogens is 2010 g/mol. The Morgan fingerprint density at radius 1 is 0.328 bits per heavy atom. The van der Waals surface area contributed by atoms with Crippen LogP contribution in [0.3, 0.4) is 0 Å². The van der Waals surface area contributed by atoms with Crippen LogP contribution in [-0.4, -0.2) is 44.7 Å². The fourth-order valence-electron chi connectivity index (χ4n) is 14.1. The number of carbonyl (C=O) groups is 1. The monoisotopic (exact) mass is 2100 g/mol. The van der Waals surface area contributed by atoms with E-state index in [0.717, 1.165) is 38.5 Å². The predicted molar refractivity (Wildman–Crippen MR) is 549 cm³/mol. The summed E-state index contributed by atoms with van der Waals surface area (Å²) in [6.07, 6.45) is 2.92. The minimum absolute atomic E-state index is 0. The van der Waals surface area contributed by atoms with Crippen molar-refractivity contribution < 1.29 is 134 Å². The molecule has 0 saturated carbocycles. The molecule has 18 aromatic rings. The number of hydrogen-bond acceptors (Lipinski definition) is 9. The van der Waals surface area contributed by atoms with Crippen molar-refractivity contribution in [3.05, 3.63) is 486 Å². The number of aryl methyl sites for hydroxylation is 4. The summed E-state index contributed by atoms with van der Waals surface area (Å²) < 4.78 is 39.3. The second kappa shape index (κ2) is 56.9. The number of nitrogens with zero attached hydrogens (tertiary/aromatic N) is 4. The summed E-state index contributed by atoms with van der Waals surface area (Å²) in [6, 6.07) is 147. The molecule has 0 unspecified atom stereocenters. The Morgan fingerprint density at radius 3 is 0.769 bits per heavy atom. The van der Waals surface area contributed by atoms with Crippen LogP contribution in [0.1, 0.15) is 51.4 Å². The largest absolute Gasteiger partial charge is 1.00 e. The summed E-state index contributed by atoms with van der Waals surface area (Å²) in [5, 5.41) is 28.7. The average Bonchev–Trinajstić information content (AvgIpc) is 1.63. The molecule has 0 bridgehead atoms. The fourth-order valence-corrected chi connectivity index (χ4v) is 23.9. The summed E-state index contributed by atoms with van der Waals surface area (Å²) in [7, 11) is -2.21. The van der Waals surface area contributed by atoms with E-state index in [1.165, 1.54) is 76.3 Å². The van der Waals surface area contributed by atoms with Crippen LogP contribution in [-0.2, 0) is 59.8 Å². The molecule has 0 radical (unpaired) electrons. The zero-order valence-corrected chi connectivity index (χ0v) is 88.8. The third-order valence-corrected chi connectivity index (χ3v) is 31.6. The first-order valence-corrected chi connectivity index (χ1v) is 48.6. The van der Waals surface area contributed by atoms with Gasteiger partial charge in [0, 0.05) is 67.2 Å². The molecule has 1 aliphatic rings. The Morgan fingerprint density at radius 2 is 0.537 bits per heavy atom. The van der Waals surface area contributed by atoms with Crippen LogP contribution in [0.4, 0.5) is 8.78 Å². The molecule has 0 N–H and O–H groups in total. The standard InChI is InChI=1S/4C18H15P.C16H12ClFN2.C14H20BFO2.C8H4Cl2N2.CH2O3.2Na.2Pd.H/c4*1-4-10-16(11-5-1)19(17-12-6-2-7-13-17)18-14-8-3-9-15-18;1-9-5-11(6-10(2)15(9)18)16-13-4-3-12(17)7-14(13)19-8-20-16;1-9-7-11(8-10(2)12(9)16)15-17-13(3,4)14(5,6)18-15;9-5-1-2-6-7(3-5)11-4-12-8(6)10;2-1-4-3;;;;;/h4*1-15H;3-8H,1-2H3;7-8H,1-6H3;1-4H;1,3H;;;;;/q;;;;;;;;2*+1;;;-1/p-1. The second-order valence-corrected chi connectivity index (χ2v) is 40.9. The second-order valence-electron chi connectivity index (χ2n) is 30.8. The van der Waals surface area contributed by atoms with Crippen molar-refractivity contribution in [3.63, 3.8) is 0 Å². The number of halogens is 5. The SMILES string of the molecule is Cc1cc(-c2ncnc3cc(Cl)ccc23)cc(C)c1F.Cc1cc(B2OC(C)(C)C(C)(C)O2)cc(C)c1F.Clc1ccc2c(Cl)ncnc2c1.O=CO[O-].[H-].[Na+].[Na+].[Pd].[Pd].c1ccc(P(c2ccccc2)c2ccccc2)cc1.c1ccc(P(c2ccccc2)c2ccccc2)cc1.c1ccc(P(c2ccccc2)c2ccccc2)cc1.c1ccc(P(c2ccccc2)c2ccccc2)cc1. The predicted octanol–water partition coefficient (Wildman–Crippen LogP) is 16.7. The Balaban J connectivity index is 0.000000213. The van der Waals surface area contributed by atoms with Gasteiger partial charge in [0.1, 0.15) is 29.4 Å². The quantitative estimate of drug-likeness (QED) is 0.0247. The van der Waals surface area contributed by atoms with Crippen LogP contribution in [0.2, 0.25) is 15.2 Å². The molecule has 0 atom stereocenters. The van der Waals surface area contributed by atoms with Crippen LogP contribution >= 0.6 is 66.5 Å². The maximum atomic E-state index is 13.7. The number of aromatic nitrogens is 4. The summed E-state index contributed by atoms with van der Waals surface area (Å²) >= 11 is 17.6. The van der Waals surface area contributed by atoms with Crippen molar-refractivity contribution in [2.24, 2.45) is 0 Å². The van der Waals surface area contributed by atoms with Crippen LogP contribution < -0.4 is 133 Å². The normalized spacial score (nSPS) is 11.6. The minimum Gasteiger partial charge on any atom is -1.00 e. The van der Waals surface area contributed by atoms with Crippen LogP contribution in [0.5, 0.6) is 0 Å². The third kappa shape index (κ3) is 31.7. The van der Waals surface area contributed by atoms with Gasteiger partial charge in [-0.25, -0.2) is 28.7 Å². The van der Waals surface area contributed by atoms with Gasteiger partial charge in [-0.15, -0.1) is 0 Å². The summed E-state index contributed by atoms with van der Waals surface area (Å²) in [6.45, 7) is 14.9. The van der Waals surface area contributed by atoms with E-state index in [4.69, 9.17) is 54.2 Å². The van der Waals surface area contributed by atoms with Gasteiger partial charge in [-0.2, -0.15) is 0 Å². The van der Waals surface area contributed by atoms with Crippen molar-refractivity contribution in [1.29, 1.82) is 0 Å². The first-order valence-electron chi connectivity index (χ1n) is 42.1. The molecule has 1 aliphatic heterocycles. The van der Waals surface area contributed by atoms with Crippen molar-refractivity contribution in [1.82, 2.24) is 19.9 Å². The molecule has 0 aliphatic carbocycles. The van der Waals surface area contributed by atoms with E-state index in [1.807, 2.05) is 33.8 Å². The van der Waals surface area contributed by atoms with Crippen molar-refractivity contribution >= 4 is 171 Å². The van der Waals surface area contributed by atoms with E-state index in [2.05, 4.69) is 389 Å². The Hall–Kier alpha value is -8.61. The van der Waals surface area contributed by atoms with Gasteiger partial charge in [0.05, 0.1) is 27.9 Å². The molecule has 9 nitrogen and oxygen atoms in total. The van der Waals surface area contributed by atoms with E-state index in [1.54, 1.807) is 82.3 Å². The smallest absolute Gasteiger partial charge is 1.00 e. The molecule has 2 aromatic heterocycles. The first kappa shape index (κ1) is 111. The van der Waals surface area contributed by atoms with Crippen molar-refractivity contribution in [3.8, 4) is 11.3 Å². The Labute approximate surface area is 880 Å². The van der Waals surface area contributed by atoms with E-state index < -0.39 is 38.8 Å². The zero-order chi connectivity index (χ0) is 91.6. The molecule has 0 amide bonds. The topological polar surface area (TPSA) is 119 Å². The molecule has 19 rings (SSSR count). The zero-order valence-electron chi connectivity index (χ0n) is 76.9. The maximum absolute atomic E-state index is 13.7. The first-order chi connectivity index (χ1) is 63.2. The maximum Gasteiger partial charge on any atom is 1.00 e. The average molecular weight is 2110 g/mol. The molecule has 134 heavy (non-hydrogen) atoms. The van der Waals surface area contributed by atoms with Gasteiger partial charge < -0.3 is 20.9 Å². The molecule has 1 fully saturated rings. The van der Waals surface area contributed by atoms with Crippen LogP contribution in [0.15, 0.2) is 437 Å². The van der Waals surface area contributed by atoms with Gasteiger partial charge in [0.2, 0.25) is 0 Å². The Bertz CT molecular complexity index is 5640. The molecule has 23 heteroatoms. The molecule has 1 saturated heterocycles. The van der Waals surface area contributed by atoms with Crippen molar-refractivity contribution in [2.45, 2.75) is 66.6 Å². The number of benzene rings is 16.